The van der Waals surface area contributed by atoms with Crippen LogP contribution in [0, 0.1) is 0 Å². The smallest absolute Gasteiger partial charge is 0.272 e. The van der Waals surface area contributed by atoms with Gasteiger partial charge in [-0.2, -0.15) is 0 Å². The second-order valence-corrected chi connectivity index (χ2v) is 8.47. The average Bonchev–Trinajstić information content (AvgIpc) is 2.88. The van der Waals surface area contributed by atoms with Gasteiger partial charge in [-0.25, -0.2) is 9.97 Å². The van der Waals surface area contributed by atoms with Crippen LogP contribution in [0.3, 0.4) is 0 Å². The first-order chi connectivity index (χ1) is 16.2. The summed E-state index contributed by atoms with van der Waals surface area (Å²) >= 11 is 0. The van der Waals surface area contributed by atoms with Gasteiger partial charge in [0.1, 0.15) is 17.8 Å². The van der Waals surface area contributed by atoms with Crippen LogP contribution in [0.4, 0.5) is 5.82 Å². The van der Waals surface area contributed by atoms with Gasteiger partial charge in [-0.1, -0.05) is 36.4 Å². The first kappa shape index (κ1) is 22.9. The predicted molar refractivity (Wildman–Crippen MR) is 132 cm³/mol. The minimum absolute atomic E-state index is 0.00940. The van der Waals surface area contributed by atoms with Gasteiger partial charge in [-0.3, -0.25) is 14.7 Å². The molecule has 1 N–H and O–H groups in total. The standard InChI is InChI=1S/C26H32N6O/c1-27-13-6-2-3-7-14-28-25-18-24(29-20-30-25)26(33)31-16-11-23(12-17-31)32-15-10-21-8-4-5-9-22(21)19-32/h2-6,8-9,13,18,20,23H,1,7,10-12,14-17,19H2,(H,28,29,30)/b3-2-,13-6-. The van der Waals surface area contributed by atoms with E-state index in [0.717, 1.165) is 58.4 Å². The number of hydrogen-bond donors (Lipinski definition) is 1. The van der Waals surface area contributed by atoms with E-state index in [1.807, 2.05) is 23.1 Å². The van der Waals surface area contributed by atoms with Crippen molar-refractivity contribution < 1.29 is 4.79 Å². The van der Waals surface area contributed by atoms with E-state index in [0.29, 0.717) is 17.6 Å². The van der Waals surface area contributed by atoms with Crippen molar-refractivity contribution in [2.24, 2.45) is 4.99 Å². The Morgan fingerprint density at radius 1 is 1.15 bits per heavy atom. The van der Waals surface area contributed by atoms with Crippen LogP contribution in [0.1, 0.15) is 40.9 Å². The SMILES string of the molecule is C=N/C=C\C=C/CCNc1cc(C(=O)N2CCC(N3CCc4ccccc4C3)CC2)ncn1. The largest absolute Gasteiger partial charge is 0.370 e. The molecule has 7 heteroatoms. The van der Waals surface area contributed by atoms with E-state index in [-0.39, 0.29) is 5.91 Å². The number of nitrogens with zero attached hydrogens (tertiary/aromatic N) is 5. The Kier molecular flexibility index (Phi) is 7.98. The van der Waals surface area contributed by atoms with Crippen LogP contribution in [-0.2, 0) is 13.0 Å². The molecule has 0 bridgehead atoms. The molecule has 2 aliphatic heterocycles. The summed E-state index contributed by atoms with van der Waals surface area (Å²) in [5.41, 5.74) is 3.38. The van der Waals surface area contributed by atoms with E-state index in [2.05, 4.69) is 56.2 Å². The van der Waals surface area contributed by atoms with Crippen molar-refractivity contribution in [3.63, 3.8) is 0 Å². The molecule has 0 saturated carbocycles. The molecule has 1 aromatic carbocycles. The van der Waals surface area contributed by atoms with E-state index in [4.69, 9.17) is 0 Å². The van der Waals surface area contributed by atoms with E-state index in [9.17, 15) is 4.79 Å². The molecule has 1 aromatic heterocycles. The summed E-state index contributed by atoms with van der Waals surface area (Å²) in [4.78, 5) is 29.7. The third-order valence-electron chi connectivity index (χ3n) is 6.37. The molecule has 172 valence electrons. The Bertz CT molecular complexity index is 1010. The number of anilines is 1. The predicted octanol–water partition coefficient (Wildman–Crippen LogP) is 3.71. The number of allylic oxidation sites excluding steroid dienone is 2. The summed E-state index contributed by atoms with van der Waals surface area (Å²) in [6.07, 6.45) is 12.9. The Balaban J connectivity index is 1.26. The number of aromatic nitrogens is 2. The van der Waals surface area contributed by atoms with Crippen molar-refractivity contribution in [1.29, 1.82) is 0 Å². The van der Waals surface area contributed by atoms with Gasteiger partial charge in [0, 0.05) is 51.0 Å². The van der Waals surface area contributed by atoms with E-state index in [1.54, 1.807) is 12.3 Å². The minimum Gasteiger partial charge on any atom is -0.370 e. The maximum atomic E-state index is 13.0. The molecule has 0 atom stereocenters. The Morgan fingerprint density at radius 2 is 1.97 bits per heavy atom. The zero-order chi connectivity index (χ0) is 22.9. The van der Waals surface area contributed by atoms with Crippen LogP contribution in [0.15, 0.2) is 66.1 Å². The highest BCUT2D eigenvalue weighted by molar-refractivity contribution is 5.93. The quantitative estimate of drug-likeness (QED) is 0.382. The van der Waals surface area contributed by atoms with Crippen LogP contribution in [-0.4, -0.2) is 64.6 Å². The summed E-state index contributed by atoms with van der Waals surface area (Å²) in [7, 11) is 0. The van der Waals surface area contributed by atoms with Crippen molar-refractivity contribution in [1.82, 2.24) is 19.8 Å². The Morgan fingerprint density at radius 3 is 2.79 bits per heavy atom. The number of aliphatic imine (C=N–C) groups is 1. The van der Waals surface area contributed by atoms with Crippen molar-refractivity contribution >= 4 is 18.4 Å². The first-order valence-electron chi connectivity index (χ1n) is 11.7. The topological polar surface area (TPSA) is 73.7 Å². The molecule has 0 aliphatic carbocycles. The number of carbonyl (C=O) groups excluding carboxylic acids is 1. The Hall–Kier alpha value is -3.32. The van der Waals surface area contributed by atoms with Crippen molar-refractivity contribution in [3.8, 4) is 0 Å². The lowest BCUT2D eigenvalue weighted by Gasteiger charge is -2.40. The van der Waals surface area contributed by atoms with Gasteiger partial charge in [0.2, 0.25) is 0 Å². The van der Waals surface area contributed by atoms with Crippen molar-refractivity contribution in [2.75, 3.05) is 31.5 Å². The molecule has 7 nitrogen and oxygen atoms in total. The average molecular weight is 445 g/mol. The number of rotatable bonds is 8. The fraction of sp³-hybridized carbons (Fsp3) is 0.385. The first-order valence-corrected chi connectivity index (χ1v) is 11.7. The van der Waals surface area contributed by atoms with Gasteiger partial charge in [0.25, 0.3) is 5.91 Å². The molecular weight excluding hydrogens is 412 g/mol. The van der Waals surface area contributed by atoms with Gasteiger partial charge in [0.05, 0.1) is 0 Å². The summed E-state index contributed by atoms with van der Waals surface area (Å²) in [5, 5.41) is 3.25. The molecule has 3 heterocycles. The fourth-order valence-corrected chi connectivity index (χ4v) is 4.57. The zero-order valence-corrected chi connectivity index (χ0v) is 19.1. The molecule has 33 heavy (non-hydrogen) atoms. The molecule has 0 spiro atoms. The highest BCUT2D eigenvalue weighted by atomic mass is 16.2. The number of fused-ring (bicyclic) bond motifs is 1. The lowest BCUT2D eigenvalue weighted by atomic mass is 9.95. The number of nitrogens with one attached hydrogen (secondary N) is 1. The van der Waals surface area contributed by atoms with Gasteiger partial charge in [0.15, 0.2) is 0 Å². The summed E-state index contributed by atoms with van der Waals surface area (Å²) < 4.78 is 0. The minimum atomic E-state index is -0.00940. The highest BCUT2D eigenvalue weighted by Crippen LogP contribution is 2.25. The lowest BCUT2D eigenvalue weighted by molar-refractivity contribution is 0.0594. The molecular formula is C26H32N6O. The zero-order valence-electron chi connectivity index (χ0n) is 19.1. The van der Waals surface area contributed by atoms with Crippen molar-refractivity contribution in [3.05, 3.63) is 77.9 Å². The molecule has 2 aliphatic rings. The second-order valence-electron chi connectivity index (χ2n) is 8.47. The number of hydrogen-bond acceptors (Lipinski definition) is 6. The number of carbonyl (C=O) groups is 1. The highest BCUT2D eigenvalue weighted by Gasteiger charge is 2.29. The van der Waals surface area contributed by atoms with Crippen LogP contribution >= 0.6 is 0 Å². The van der Waals surface area contributed by atoms with Gasteiger partial charge in [-0.05, 0) is 49.6 Å². The van der Waals surface area contributed by atoms with Crippen LogP contribution < -0.4 is 5.32 Å². The normalized spacial score (nSPS) is 17.4. The third-order valence-corrected chi connectivity index (χ3v) is 6.37. The molecule has 4 rings (SSSR count). The summed E-state index contributed by atoms with van der Waals surface area (Å²) in [6, 6.07) is 11.0. The molecule has 0 unspecified atom stereocenters. The van der Waals surface area contributed by atoms with E-state index >= 15 is 0 Å². The maximum Gasteiger partial charge on any atom is 0.272 e. The van der Waals surface area contributed by atoms with E-state index in [1.165, 1.54) is 17.5 Å². The number of amides is 1. The summed E-state index contributed by atoms with van der Waals surface area (Å²) in [5.74, 6) is 0.664. The molecule has 0 radical (unpaired) electrons. The van der Waals surface area contributed by atoms with Gasteiger partial charge in [-0.15, -0.1) is 0 Å². The van der Waals surface area contributed by atoms with Gasteiger partial charge >= 0.3 is 0 Å². The van der Waals surface area contributed by atoms with Gasteiger partial charge < -0.3 is 10.2 Å². The maximum absolute atomic E-state index is 13.0. The fourth-order valence-electron chi connectivity index (χ4n) is 4.57. The van der Waals surface area contributed by atoms with Crippen LogP contribution in [0.25, 0.3) is 0 Å². The molecule has 2 aromatic rings. The monoisotopic (exact) mass is 444 g/mol. The third kappa shape index (κ3) is 6.14. The number of piperidine rings is 1. The van der Waals surface area contributed by atoms with Crippen molar-refractivity contribution in [2.45, 2.75) is 38.3 Å². The second kappa shape index (κ2) is 11.5. The molecule has 1 amide bonds. The van der Waals surface area contributed by atoms with Crippen LogP contribution in [0.2, 0.25) is 0 Å². The Labute approximate surface area is 196 Å². The number of likely N-dealkylation sites (tertiary alicyclic amines) is 1. The lowest BCUT2D eigenvalue weighted by Crippen LogP contribution is -2.48. The van der Waals surface area contributed by atoms with Crippen LogP contribution in [0.5, 0.6) is 0 Å². The van der Waals surface area contributed by atoms with E-state index < -0.39 is 0 Å². The number of benzene rings is 1. The molecule has 1 saturated heterocycles. The molecule has 1 fully saturated rings. The summed E-state index contributed by atoms with van der Waals surface area (Å²) in [6.45, 7) is 7.78.